The lowest BCUT2D eigenvalue weighted by atomic mass is 10.1. The highest BCUT2D eigenvalue weighted by atomic mass is 35.5. The Balaban J connectivity index is 2.17. The van der Waals surface area contributed by atoms with Crippen molar-refractivity contribution in [3.8, 4) is 0 Å². The summed E-state index contributed by atoms with van der Waals surface area (Å²) in [4.78, 5) is 23.5. The molecule has 0 bridgehead atoms. The minimum Gasteiger partial charge on any atom is -0.465 e. The average molecular weight is 304 g/mol. The highest BCUT2D eigenvalue weighted by Gasteiger charge is 2.11. The molecule has 2 aromatic rings. The van der Waals surface area contributed by atoms with Gasteiger partial charge in [-0.3, -0.25) is 4.79 Å². The minimum absolute atomic E-state index is 0.267. The molecule has 2 rings (SSSR count). The second-order valence-corrected chi connectivity index (χ2v) is 4.84. The maximum Gasteiger partial charge on any atom is 0.337 e. The molecule has 0 atom stereocenters. The number of amides is 1. The molecule has 0 heterocycles. The zero-order valence-corrected chi connectivity index (χ0v) is 12.4. The van der Waals surface area contributed by atoms with Gasteiger partial charge in [-0.2, -0.15) is 0 Å². The summed E-state index contributed by atoms with van der Waals surface area (Å²) in [5.74, 6) is -0.704. The van der Waals surface area contributed by atoms with Crippen molar-refractivity contribution in [1.29, 1.82) is 0 Å². The third-order valence-corrected chi connectivity index (χ3v) is 3.49. The fraction of sp³-hybridized carbons (Fsp3) is 0.125. The van der Waals surface area contributed by atoms with Crippen LogP contribution in [0.4, 0.5) is 5.69 Å². The van der Waals surface area contributed by atoms with E-state index in [2.05, 4.69) is 10.1 Å². The summed E-state index contributed by atoms with van der Waals surface area (Å²) < 4.78 is 4.61. The first kappa shape index (κ1) is 15.1. The number of ether oxygens (including phenoxy) is 1. The van der Waals surface area contributed by atoms with Gasteiger partial charge in [0.25, 0.3) is 5.91 Å². The van der Waals surface area contributed by atoms with Crippen LogP contribution in [0.2, 0.25) is 5.02 Å². The van der Waals surface area contributed by atoms with Crippen molar-refractivity contribution in [3.05, 3.63) is 64.2 Å². The second-order valence-electron chi connectivity index (χ2n) is 4.44. The maximum absolute atomic E-state index is 12.2. The highest BCUT2D eigenvalue weighted by molar-refractivity contribution is 6.31. The van der Waals surface area contributed by atoms with Crippen molar-refractivity contribution in [1.82, 2.24) is 0 Å². The smallest absolute Gasteiger partial charge is 0.337 e. The Bertz CT molecular complexity index is 680. The summed E-state index contributed by atoms with van der Waals surface area (Å²) in [6, 6.07) is 11.5. The summed E-state index contributed by atoms with van der Waals surface area (Å²) in [5.41, 5.74) is 2.30. The van der Waals surface area contributed by atoms with E-state index in [0.29, 0.717) is 21.8 Å². The Morgan fingerprint density at radius 1 is 1.05 bits per heavy atom. The van der Waals surface area contributed by atoms with E-state index >= 15 is 0 Å². The van der Waals surface area contributed by atoms with Gasteiger partial charge < -0.3 is 10.1 Å². The maximum atomic E-state index is 12.2. The predicted molar refractivity (Wildman–Crippen MR) is 81.9 cm³/mol. The van der Waals surface area contributed by atoms with Crippen molar-refractivity contribution < 1.29 is 14.3 Å². The normalized spacial score (nSPS) is 10.0. The molecule has 0 aliphatic carbocycles. The van der Waals surface area contributed by atoms with Gasteiger partial charge in [0.05, 0.1) is 12.7 Å². The third-order valence-electron chi connectivity index (χ3n) is 3.08. The van der Waals surface area contributed by atoms with Gasteiger partial charge in [0.15, 0.2) is 0 Å². The number of hydrogen-bond acceptors (Lipinski definition) is 3. The van der Waals surface area contributed by atoms with E-state index in [4.69, 9.17) is 11.6 Å². The predicted octanol–water partition coefficient (Wildman–Crippen LogP) is 3.69. The van der Waals surface area contributed by atoms with Crippen LogP contribution in [0.15, 0.2) is 42.5 Å². The summed E-state index contributed by atoms with van der Waals surface area (Å²) in [6.07, 6.45) is 0. The van der Waals surface area contributed by atoms with E-state index in [1.807, 2.05) is 6.92 Å². The SMILES string of the molecule is COC(=O)c1ccc(C(=O)Nc2cccc(Cl)c2C)cc1. The zero-order valence-electron chi connectivity index (χ0n) is 11.6. The molecule has 0 aliphatic rings. The number of esters is 1. The van der Waals surface area contributed by atoms with Gasteiger partial charge in [0, 0.05) is 16.3 Å². The van der Waals surface area contributed by atoms with Crippen molar-refractivity contribution >= 4 is 29.2 Å². The lowest BCUT2D eigenvalue weighted by Gasteiger charge is -2.09. The first-order valence-electron chi connectivity index (χ1n) is 6.27. The monoisotopic (exact) mass is 303 g/mol. The summed E-state index contributed by atoms with van der Waals surface area (Å²) in [6.45, 7) is 1.83. The molecule has 21 heavy (non-hydrogen) atoms. The topological polar surface area (TPSA) is 55.4 Å². The molecule has 1 amide bonds. The molecule has 0 saturated carbocycles. The van der Waals surface area contributed by atoms with Crippen LogP contribution in [0.1, 0.15) is 26.3 Å². The van der Waals surface area contributed by atoms with Crippen LogP contribution in [0, 0.1) is 6.92 Å². The van der Waals surface area contributed by atoms with E-state index in [1.54, 1.807) is 42.5 Å². The van der Waals surface area contributed by atoms with Crippen molar-refractivity contribution in [2.75, 3.05) is 12.4 Å². The lowest BCUT2D eigenvalue weighted by molar-refractivity contribution is 0.0600. The number of methoxy groups -OCH3 is 1. The summed E-state index contributed by atoms with van der Waals surface area (Å²) >= 11 is 6.01. The van der Waals surface area contributed by atoms with Crippen LogP contribution in [0.3, 0.4) is 0 Å². The first-order valence-corrected chi connectivity index (χ1v) is 6.65. The molecule has 1 N–H and O–H groups in total. The third kappa shape index (κ3) is 3.41. The van der Waals surface area contributed by atoms with Crippen molar-refractivity contribution in [3.63, 3.8) is 0 Å². The molecule has 4 nitrogen and oxygen atoms in total. The zero-order chi connectivity index (χ0) is 15.4. The van der Waals surface area contributed by atoms with Gasteiger partial charge in [0.1, 0.15) is 0 Å². The molecule has 2 aromatic carbocycles. The average Bonchev–Trinajstić information content (AvgIpc) is 2.51. The Morgan fingerprint density at radius 3 is 2.29 bits per heavy atom. The molecule has 108 valence electrons. The number of carbonyl (C=O) groups excluding carboxylic acids is 2. The van der Waals surface area contributed by atoms with E-state index < -0.39 is 5.97 Å². The molecular formula is C16H14ClNO3. The largest absolute Gasteiger partial charge is 0.465 e. The molecule has 0 aromatic heterocycles. The quantitative estimate of drug-likeness (QED) is 0.880. The van der Waals surface area contributed by atoms with Gasteiger partial charge in [-0.1, -0.05) is 17.7 Å². The van der Waals surface area contributed by atoms with Gasteiger partial charge in [0.2, 0.25) is 0 Å². The van der Waals surface area contributed by atoms with E-state index in [-0.39, 0.29) is 5.91 Å². The summed E-state index contributed by atoms with van der Waals surface area (Å²) in [5, 5.41) is 3.38. The number of halogens is 1. The Hall–Kier alpha value is -2.33. The minimum atomic E-state index is -0.437. The number of hydrogen-bond donors (Lipinski definition) is 1. The van der Waals surface area contributed by atoms with Crippen LogP contribution in [0.25, 0.3) is 0 Å². The van der Waals surface area contributed by atoms with Gasteiger partial charge in [-0.25, -0.2) is 4.79 Å². The fourth-order valence-electron chi connectivity index (χ4n) is 1.81. The van der Waals surface area contributed by atoms with Crippen molar-refractivity contribution in [2.45, 2.75) is 6.92 Å². The van der Waals surface area contributed by atoms with Crippen LogP contribution < -0.4 is 5.32 Å². The Morgan fingerprint density at radius 2 is 1.67 bits per heavy atom. The second kappa shape index (κ2) is 6.41. The van der Waals surface area contributed by atoms with Crippen molar-refractivity contribution in [2.24, 2.45) is 0 Å². The molecule has 0 aliphatic heterocycles. The molecular weight excluding hydrogens is 290 g/mol. The molecule has 0 spiro atoms. The van der Waals surface area contributed by atoms with Crippen LogP contribution >= 0.6 is 11.6 Å². The number of carbonyl (C=O) groups is 2. The highest BCUT2D eigenvalue weighted by Crippen LogP contribution is 2.23. The standard InChI is InChI=1S/C16H14ClNO3/c1-10-13(17)4-3-5-14(10)18-15(19)11-6-8-12(9-7-11)16(20)21-2/h3-9H,1-2H3,(H,18,19). The molecule has 0 radical (unpaired) electrons. The number of nitrogens with one attached hydrogen (secondary N) is 1. The fourth-order valence-corrected chi connectivity index (χ4v) is 1.99. The lowest BCUT2D eigenvalue weighted by Crippen LogP contribution is -2.13. The Kier molecular flexibility index (Phi) is 4.60. The van der Waals surface area contributed by atoms with Gasteiger partial charge in [-0.05, 0) is 48.9 Å². The van der Waals surface area contributed by atoms with Crippen LogP contribution in [-0.2, 0) is 4.74 Å². The van der Waals surface area contributed by atoms with Crippen LogP contribution in [0.5, 0.6) is 0 Å². The van der Waals surface area contributed by atoms with Crippen LogP contribution in [-0.4, -0.2) is 19.0 Å². The number of benzene rings is 2. The Labute approximate surface area is 127 Å². The van der Waals surface area contributed by atoms with E-state index in [0.717, 1.165) is 5.56 Å². The first-order chi connectivity index (χ1) is 10.0. The van der Waals surface area contributed by atoms with E-state index in [9.17, 15) is 9.59 Å². The molecule has 0 unspecified atom stereocenters. The molecule has 5 heteroatoms. The number of anilines is 1. The van der Waals surface area contributed by atoms with Gasteiger partial charge >= 0.3 is 5.97 Å². The van der Waals surface area contributed by atoms with E-state index in [1.165, 1.54) is 7.11 Å². The number of rotatable bonds is 3. The van der Waals surface area contributed by atoms with Gasteiger partial charge in [-0.15, -0.1) is 0 Å². The summed E-state index contributed by atoms with van der Waals surface area (Å²) in [7, 11) is 1.31. The molecule has 0 fully saturated rings. The molecule has 0 saturated heterocycles.